The summed E-state index contributed by atoms with van der Waals surface area (Å²) in [6, 6.07) is 0. The summed E-state index contributed by atoms with van der Waals surface area (Å²) in [5.74, 6) is 0.607. The van der Waals surface area contributed by atoms with E-state index in [4.69, 9.17) is 4.74 Å². The van der Waals surface area contributed by atoms with E-state index in [9.17, 15) is 4.79 Å². The standard InChI is InChI=1S/C11H16N4O2/c1-8(16)15-4-5-17-7-9-10(15)6-12-11(13-9)14(2)3/h6H,4-5,7H2,1-3H3. The number of ether oxygens (including phenoxy) is 1. The molecule has 1 aliphatic rings. The molecule has 1 aromatic rings. The third-order valence-electron chi connectivity index (χ3n) is 2.60. The average Bonchev–Trinajstić information content (AvgIpc) is 2.49. The van der Waals surface area contributed by atoms with Crippen LogP contribution in [0.5, 0.6) is 0 Å². The minimum atomic E-state index is -0.0158. The zero-order valence-corrected chi connectivity index (χ0v) is 10.3. The average molecular weight is 236 g/mol. The molecule has 6 heteroatoms. The van der Waals surface area contributed by atoms with Gasteiger partial charge in [0.1, 0.15) is 0 Å². The summed E-state index contributed by atoms with van der Waals surface area (Å²) in [5, 5.41) is 0. The summed E-state index contributed by atoms with van der Waals surface area (Å²) in [6.45, 7) is 3.03. The van der Waals surface area contributed by atoms with Crippen LogP contribution in [0, 0.1) is 0 Å². The van der Waals surface area contributed by atoms with Gasteiger partial charge in [-0.3, -0.25) is 4.79 Å². The molecule has 0 bridgehead atoms. The van der Waals surface area contributed by atoms with Crippen molar-refractivity contribution < 1.29 is 9.53 Å². The van der Waals surface area contributed by atoms with Crippen LogP contribution >= 0.6 is 0 Å². The van der Waals surface area contributed by atoms with Crippen LogP contribution in [0.1, 0.15) is 12.6 Å². The van der Waals surface area contributed by atoms with Gasteiger partial charge >= 0.3 is 0 Å². The zero-order valence-electron chi connectivity index (χ0n) is 10.3. The second kappa shape index (κ2) is 4.67. The Morgan fingerprint density at radius 2 is 2.29 bits per heavy atom. The Kier molecular flexibility index (Phi) is 3.23. The highest BCUT2D eigenvalue weighted by Gasteiger charge is 2.21. The molecule has 0 N–H and O–H groups in total. The molecule has 0 unspecified atom stereocenters. The van der Waals surface area contributed by atoms with Gasteiger partial charge in [0.05, 0.1) is 30.8 Å². The van der Waals surface area contributed by atoms with Crippen LogP contribution in [0.15, 0.2) is 6.20 Å². The van der Waals surface area contributed by atoms with Crippen molar-refractivity contribution in [3.05, 3.63) is 11.9 Å². The summed E-state index contributed by atoms with van der Waals surface area (Å²) in [7, 11) is 3.75. The minimum absolute atomic E-state index is 0.0158. The van der Waals surface area contributed by atoms with E-state index in [-0.39, 0.29) is 5.91 Å². The van der Waals surface area contributed by atoms with Gasteiger partial charge in [0.25, 0.3) is 0 Å². The molecule has 1 aromatic heterocycles. The summed E-state index contributed by atoms with van der Waals surface area (Å²) in [5.41, 5.74) is 1.51. The van der Waals surface area contributed by atoms with Gasteiger partial charge in [0.15, 0.2) is 0 Å². The first-order valence-electron chi connectivity index (χ1n) is 5.48. The maximum absolute atomic E-state index is 11.5. The predicted molar refractivity (Wildman–Crippen MR) is 64.0 cm³/mol. The van der Waals surface area contributed by atoms with Gasteiger partial charge in [0, 0.05) is 27.6 Å². The van der Waals surface area contributed by atoms with Gasteiger partial charge in [-0.15, -0.1) is 0 Å². The summed E-state index contributed by atoms with van der Waals surface area (Å²) >= 11 is 0. The molecule has 0 saturated carbocycles. The Labute approximate surface area is 100 Å². The summed E-state index contributed by atoms with van der Waals surface area (Å²) in [4.78, 5) is 23.6. The fourth-order valence-electron chi connectivity index (χ4n) is 1.72. The van der Waals surface area contributed by atoms with Crippen molar-refractivity contribution >= 4 is 17.5 Å². The highest BCUT2D eigenvalue weighted by atomic mass is 16.5. The molecule has 1 amide bonds. The fourth-order valence-corrected chi connectivity index (χ4v) is 1.72. The third-order valence-corrected chi connectivity index (χ3v) is 2.60. The molecule has 2 heterocycles. The van der Waals surface area contributed by atoms with E-state index < -0.39 is 0 Å². The molecule has 0 atom stereocenters. The van der Waals surface area contributed by atoms with Crippen molar-refractivity contribution in [3.63, 3.8) is 0 Å². The molecule has 0 spiro atoms. The Balaban J connectivity index is 2.42. The van der Waals surface area contributed by atoms with Crippen LogP contribution in [-0.4, -0.2) is 43.1 Å². The second-order valence-corrected chi connectivity index (χ2v) is 4.12. The molecule has 0 aliphatic carbocycles. The van der Waals surface area contributed by atoms with E-state index in [1.54, 1.807) is 11.1 Å². The number of amides is 1. The number of carbonyl (C=O) groups is 1. The van der Waals surface area contributed by atoms with E-state index in [2.05, 4.69) is 9.97 Å². The topological polar surface area (TPSA) is 58.6 Å². The molecule has 0 radical (unpaired) electrons. The fraction of sp³-hybridized carbons (Fsp3) is 0.545. The van der Waals surface area contributed by atoms with E-state index >= 15 is 0 Å². The number of carbonyl (C=O) groups excluding carboxylic acids is 1. The third kappa shape index (κ3) is 2.36. The molecule has 0 aromatic carbocycles. The number of aromatic nitrogens is 2. The van der Waals surface area contributed by atoms with Crippen LogP contribution in [0.2, 0.25) is 0 Å². The van der Waals surface area contributed by atoms with E-state index in [1.807, 2.05) is 19.0 Å². The molecule has 0 fully saturated rings. The lowest BCUT2D eigenvalue weighted by atomic mass is 10.3. The number of hydrogen-bond donors (Lipinski definition) is 0. The van der Waals surface area contributed by atoms with Gasteiger partial charge in [-0.1, -0.05) is 0 Å². The number of fused-ring (bicyclic) bond motifs is 1. The van der Waals surface area contributed by atoms with Gasteiger partial charge < -0.3 is 14.5 Å². The van der Waals surface area contributed by atoms with Crippen LogP contribution in [0.3, 0.4) is 0 Å². The first-order chi connectivity index (χ1) is 8.09. The number of nitrogens with zero attached hydrogens (tertiary/aromatic N) is 4. The molecule has 17 heavy (non-hydrogen) atoms. The lowest BCUT2D eigenvalue weighted by molar-refractivity contribution is -0.116. The van der Waals surface area contributed by atoms with Crippen molar-refractivity contribution in [2.75, 3.05) is 37.0 Å². The Bertz CT molecular complexity index is 433. The molecule has 0 saturated heterocycles. The summed E-state index contributed by atoms with van der Waals surface area (Å²) < 4.78 is 5.43. The van der Waals surface area contributed by atoms with Gasteiger partial charge in [0.2, 0.25) is 11.9 Å². The Hall–Kier alpha value is -1.69. The lowest BCUT2D eigenvalue weighted by Crippen LogP contribution is -2.31. The number of hydrogen-bond acceptors (Lipinski definition) is 5. The highest BCUT2D eigenvalue weighted by molar-refractivity contribution is 5.92. The van der Waals surface area contributed by atoms with E-state index in [1.165, 1.54) is 6.92 Å². The van der Waals surface area contributed by atoms with Crippen LogP contribution in [0.25, 0.3) is 0 Å². The maximum atomic E-state index is 11.5. The number of anilines is 2. The van der Waals surface area contributed by atoms with Crippen molar-refractivity contribution in [3.8, 4) is 0 Å². The van der Waals surface area contributed by atoms with Gasteiger partial charge in [-0.05, 0) is 0 Å². The minimum Gasteiger partial charge on any atom is -0.373 e. The summed E-state index contributed by atoms with van der Waals surface area (Å²) in [6.07, 6.45) is 1.69. The highest BCUT2D eigenvalue weighted by Crippen LogP contribution is 2.23. The Morgan fingerprint density at radius 3 is 2.94 bits per heavy atom. The molecular weight excluding hydrogens is 220 g/mol. The maximum Gasteiger partial charge on any atom is 0.225 e. The van der Waals surface area contributed by atoms with Crippen molar-refractivity contribution in [2.45, 2.75) is 13.5 Å². The zero-order chi connectivity index (χ0) is 12.4. The van der Waals surface area contributed by atoms with Crippen LogP contribution in [-0.2, 0) is 16.1 Å². The van der Waals surface area contributed by atoms with E-state index in [0.29, 0.717) is 25.7 Å². The smallest absolute Gasteiger partial charge is 0.225 e. The molecule has 6 nitrogen and oxygen atoms in total. The molecular formula is C11H16N4O2. The van der Waals surface area contributed by atoms with Crippen LogP contribution in [0.4, 0.5) is 11.6 Å². The largest absolute Gasteiger partial charge is 0.373 e. The van der Waals surface area contributed by atoms with Gasteiger partial charge in [-0.2, -0.15) is 0 Å². The normalized spacial score (nSPS) is 15.1. The second-order valence-electron chi connectivity index (χ2n) is 4.12. The number of rotatable bonds is 1. The monoisotopic (exact) mass is 236 g/mol. The predicted octanol–water partition coefficient (Wildman–Crippen LogP) is 0.426. The first-order valence-corrected chi connectivity index (χ1v) is 5.48. The van der Waals surface area contributed by atoms with Crippen molar-refractivity contribution in [1.29, 1.82) is 0 Å². The van der Waals surface area contributed by atoms with Crippen LogP contribution < -0.4 is 9.80 Å². The lowest BCUT2D eigenvalue weighted by Gasteiger charge is -2.20. The van der Waals surface area contributed by atoms with Crippen molar-refractivity contribution in [2.24, 2.45) is 0 Å². The SMILES string of the molecule is CC(=O)N1CCOCc2nc(N(C)C)ncc21. The Morgan fingerprint density at radius 1 is 1.53 bits per heavy atom. The van der Waals surface area contributed by atoms with Gasteiger partial charge in [-0.25, -0.2) is 9.97 Å². The quantitative estimate of drug-likeness (QED) is 0.707. The van der Waals surface area contributed by atoms with Crippen molar-refractivity contribution in [1.82, 2.24) is 9.97 Å². The van der Waals surface area contributed by atoms with E-state index in [0.717, 1.165) is 11.4 Å². The molecule has 2 rings (SSSR count). The molecule has 92 valence electrons. The first kappa shape index (κ1) is 11.8. The molecule has 1 aliphatic heterocycles.